The molecule has 0 fully saturated rings. The highest BCUT2D eigenvalue weighted by Gasteiger charge is 2.19. The van der Waals surface area contributed by atoms with E-state index in [1.807, 2.05) is 67.5 Å². The molecule has 1 rings (SSSR count). The number of aliphatic hydroxyl groups is 2. The molecule has 0 spiro atoms. The molecule has 1 aromatic rings. The van der Waals surface area contributed by atoms with Gasteiger partial charge in [-0.1, -0.05) is 34.9 Å². The van der Waals surface area contributed by atoms with Gasteiger partial charge in [-0.15, -0.1) is 0 Å². The minimum absolute atomic E-state index is 0.180. The van der Waals surface area contributed by atoms with Gasteiger partial charge >= 0.3 is 0 Å². The van der Waals surface area contributed by atoms with Crippen molar-refractivity contribution in [1.29, 1.82) is 0 Å². The third kappa shape index (κ3) is 7.25. The van der Waals surface area contributed by atoms with Gasteiger partial charge in [-0.05, 0) is 102 Å². The van der Waals surface area contributed by atoms with E-state index >= 15 is 0 Å². The fourth-order valence-corrected chi connectivity index (χ4v) is 3.27. The summed E-state index contributed by atoms with van der Waals surface area (Å²) in [4.78, 5) is 0. The van der Waals surface area contributed by atoms with E-state index in [4.69, 9.17) is 0 Å². The minimum Gasteiger partial charge on any atom is -0.508 e. The van der Waals surface area contributed by atoms with E-state index in [0.717, 1.165) is 39.0 Å². The molecule has 0 amide bonds. The number of aliphatic hydroxyl groups excluding tert-OH is 2. The van der Waals surface area contributed by atoms with Crippen LogP contribution in [0.5, 0.6) is 11.5 Å². The van der Waals surface area contributed by atoms with Gasteiger partial charge in [-0.25, -0.2) is 0 Å². The molecular weight excluding hydrogens is 388 g/mol. The Bertz CT molecular complexity index is 994. The summed E-state index contributed by atoms with van der Waals surface area (Å²) in [5.74, 6) is -0.197. The summed E-state index contributed by atoms with van der Waals surface area (Å²) < 4.78 is 0. The number of hydrogen-bond donors (Lipinski definition) is 4. The molecule has 1 unspecified atom stereocenters. The molecule has 0 bridgehead atoms. The zero-order chi connectivity index (χ0) is 23.9. The first-order valence-corrected chi connectivity index (χ1v) is 10.3. The lowest BCUT2D eigenvalue weighted by molar-refractivity contribution is 0.403. The number of phenolic OH excluding ortho intramolecular Hbond substituents is 2. The van der Waals surface area contributed by atoms with E-state index in [9.17, 15) is 20.4 Å². The molecule has 0 saturated carbocycles. The van der Waals surface area contributed by atoms with Crippen LogP contribution < -0.4 is 0 Å². The summed E-state index contributed by atoms with van der Waals surface area (Å²) in [6.07, 6.45) is 7.21. The fourth-order valence-electron chi connectivity index (χ4n) is 3.27. The SMILES string of the molecule is C\C=C(C)/C(O)=C\C(C)=C(/C)C(/C(C)=C/C(C)=C(/O)C=C(C)C)c1ccc(O)c(O)c1. The fraction of sp³-hybridized carbons (Fsp3) is 0.333. The average molecular weight is 425 g/mol. The molecule has 4 nitrogen and oxygen atoms in total. The standard InChI is InChI=1S/C27H36O4/c1-9-17(4)25(30)14-18(5)21(8)27(22-10-11-23(28)26(31)15-22)20(7)13-19(6)24(29)12-16(2)3/h9-15,27-31H,1-8H3/b17-9-,20-13+,21-18+,24-19+,25-14+. The predicted octanol–water partition coefficient (Wildman–Crippen LogP) is 7.67. The lowest BCUT2D eigenvalue weighted by atomic mass is 9.82. The molecule has 1 atom stereocenters. The summed E-state index contributed by atoms with van der Waals surface area (Å²) in [5.41, 5.74) is 6.11. The quantitative estimate of drug-likeness (QED) is 0.206. The van der Waals surface area contributed by atoms with E-state index in [2.05, 4.69) is 0 Å². The van der Waals surface area contributed by atoms with Gasteiger partial charge in [0.15, 0.2) is 11.5 Å². The first-order chi connectivity index (χ1) is 14.4. The molecular formula is C27H36O4. The van der Waals surface area contributed by atoms with Crippen LogP contribution in [0.25, 0.3) is 0 Å². The second-order valence-electron chi connectivity index (χ2n) is 8.23. The van der Waals surface area contributed by atoms with Crippen LogP contribution in [-0.4, -0.2) is 20.4 Å². The van der Waals surface area contributed by atoms with Crippen molar-refractivity contribution in [2.75, 3.05) is 0 Å². The molecule has 1 aromatic carbocycles. The number of benzene rings is 1. The Morgan fingerprint density at radius 2 is 1.42 bits per heavy atom. The Hall–Kier alpha value is -3.14. The van der Waals surface area contributed by atoms with E-state index in [0.29, 0.717) is 0 Å². The summed E-state index contributed by atoms with van der Waals surface area (Å²) in [6, 6.07) is 4.78. The highest BCUT2D eigenvalue weighted by atomic mass is 16.3. The summed E-state index contributed by atoms with van der Waals surface area (Å²) in [7, 11) is 0. The van der Waals surface area contributed by atoms with Gasteiger partial charge in [0.05, 0.1) is 0 Å². The third-order valence-corrected chi connectivity index (χ3v) is 5.31. The average Bonchev–Trinajstić information content (AvgIpc) is 2.69. The molecule has 4 N–H and O–H groups in total. The smallest absolute Gasteiger partial charge is 0.157 e. The van der Waals surface area contributed by atoms with E-state index in [-0.39, 0.29) is 28.9 Å². The van der Waals surface area contributed by atoms with Gasteiger partial charge in [0.2, 0.25) is 0 Å². The summed E-state index contributed by atoms with van der Waals surface area (Å²) in [5, 5.41) is 40.5. The van der Waals surface area contributed by atoms with Crippen molar-refractivity contribution in [3.8, 4) is 11.5 Å². The zero-order valence-corrected chi connectivity index (χ0v) is 19.9. The maximum atomic E-state index is 10.3. The molecule has 4 heteroatoms. The lowest BCUT2D eigenvalue weighted by Gasteiger charge is -2.22. The minimum atomic E-state index is -0.226. The van der Waals surface area contributed by atoms with Gasteiger partial charge in [-0.2, -0.15) is 0 Å². The summed E-state index contributed by atoms with van der Waals surface area (Å²) in [6.45, 7) is 15.3. The zero-order valence-electron chi connectivity index (χ0n) is 19.9. The topological polar surface area (TPSA) is 80.9 Å². The van der Waals surface area contributed by atoms with Crippen LogP contribution >= 0.6 is 0 Å². The third-order valence-electron chi connectivity index (χ3n) is 5.31. The lowest BCUT2D eigenvalue weighted by Crippen LogP contribution is -2.05. The van der Waals surface area contributed by atoms with Crippen molar-refractivity contribution >= 4 is 0 Å². The van der Waals surface area contributed by atoms with Crippen LogP contribution in [0, 0.1) is 0 Å². The van der Waals surface area contributed by atoms with E-state index in [1.54, 1.807) is 24.3 Å². The molecule has 168 valence electrons. The Kier molecular flexibility index (Phi) is 9.44. The summed E-state index contributed by atoms with van der Waals surface area (Å²) >= 11 is 0. The van der Waals surface area contributed by atoms with Gasteiger partial charge in [0, 0.05) is 5.92 Å². The number of allylic oxidation sites excluding steroid dienone is 10. The van der Waals surface area contributed by atoms with Crippen LogP contribution in [0.3, 0.4) is 0 Å². The molecule has 0 aliphatic heterocycles. The number of aromatic hydroxyl groups is 2. The Labute approximate surface area is 186 Å². The van der Waals surface area contributed by atoms with Crippen LogP contribution in [0.2, 0.25) is 0 Å². The monoisotopic (exact) mass is 424 g/mol. The second-order valence-corrected chi connectivity index (χ2v) is 8.23. The molecule has 0 aliphatic carbocycles. The van der Waals surface area contributed by atoms with Crippen molar-refractivity contribution in [3.63, 3.8) is 0 Å². The van der Waals surface area contributed by atoms with Crippen molar-refractivity contribution < 1.29 is 20.4 Å². The maximum absolute atomic E-state index is 10.3. The molecule has 0 saturated heterocycles. The van der Waals surface area contributed by atoms with Crippen LogP contribution in [0.4, 0.5) is 0 Å². The van der Waals surface area contributed by atoms with Gasteiger partial charge in [0.1, 0.15) is 11.5 Å². The van der Waals surface area contributed by atoms with Crippen LogP contribution in [0.1, 0.15) is 66.9 Å². The largest absolute Gasteiger partial charge is 0.508 e. The highest BCUT2D eigenvalue weighted by molar-refractivity contribution is 5.49. The molecule has 0 heterocycles. The molecule has 0 radical (unpaired) electrons. The van der Waals surface area contributed by atoms with Crippen LogP contribution in [-0.2, 0) is 0 Å². The highest BCUT2D eigenvalue weighted by Crippen LogP contribution is 2.38. The Balaban J connectivity index is 3.70. The first kappa shape index (κ1) is 25.9. The predicted molar refractivity (Wildman–Crippen MR) is 130 cm³/mol. The second kappa shape index (κ2) is 11.3. The number of phenols is 2. The van der Waals surface area contributed by atoms with Crippen molar-refractivity contribution in [2.24, 2.45) is 0 Å². The van der Waals surface area contributed by atoms with Crippen molar-refractivity contribution in [2.45, 2.75) is 61.3 Å². The molecule has 0 aromatic heterocycles. The first-order valence-electron chi connectivity index (χ1n) is 10.3. The number of rotatable bonds is 7. The van der Waals surface area contributed by atoms with E-state index < -0.39 is 0 Å². The van der Waals surface area contributed by atoms with Gasteiger partial charge in [-0.3, -0.25) is 0 Å². The van der Waals surface area contributed by atoms with Crippen LogP contribution in [0.15, 0.2) is 87.5 Å². The normalized spacial score (nSPS) is 15.8. The van der Waals surface area contributed by atoms with Crippen molar-refractivity contribution in [3.05, 3.63) is 93.0 Å². The number of hydrogen-bond acceptors (Lipinski definition) is 4. The maximum Gasteiger partial charge on any atom is 0.157 e. The Morgan fingerprint density at radius 1 is 0.806 bits per heavy atom. The van der Waals surface area contributed by atoms with Gasteiger partial charge in [0.25, 0.3) is 0 Å². The van der Waals surface area contributed by atoms with E-state index in [1.165, 1.54) is 6.07 Å². The molecule has 0 aliphatic rings. The van der Waals surface area contributed by atoms with Crippen molar-refractivity contribution in [1.82, 2.24) is 0 Å². The Morgan fingerprint density at radius 3 is 1.94 bits per heavy atom. The molecule has 31 heavy (non-hydrogen) atoms. The van der Waals surface area contributed by atoms with Gasteiger partial charge < -0.3 is 20.4 Å².